The average molecular weight is 249 g/mol. The van der Waals surface area contributed by atoms with Gasteiger partial charge in [0.15, 0.2) is 0 Å². The maximum atomic E-state index is 10.3. The number of methoxy groups -OCH3 is 1. The Bertz CT molecular complexity index is 361. The van der Waals surface area contributed by atoms with Crippen LogP contribution in [0.4, 0.5) is 0 Å². The predicted molar refractivity (Wildman–Crippen MR) is 72.9 cm³/mol. The molecular formula is C15H23NO2. The van der Waals surface area contributed by atoms with Gasteiger partial charge in [-0.05, 0) is 38.4 Å². The molecule has 2 rings (SSSR count). The molecule has 0 saturated carbocycles. The summed E-state index contributed by atoms with van der Waals surface area (Å²) < 4.78 is 5.28. The molecule has 100 valence electrons. The van der Waals surface area contributed by atoms with Crippen LogP contribution in [0.5, 0.6) is 5.75 Å². The fourth-order valence-corrected chi connectivity index (χ4v) is 2.59. The molecule has 0 aliphatic carbocycles. The average Bonchev–Trinajstić information content (AvgIpc) is 2.45. The molecular weight excluding hydrogens is 226 g/mol. The Hall–Kier alpha value is -1.06. The lowest BCUT2D eigenvalue weighted by atomic mass is 10.0. The molecule has 3 heteroatoms. The van der Waals surface area contributed by atoms with Gasteiger partial charge in [-0.15, -0.1) is 0 Å². The Morgan fingerprint density at radius 3 is 2.67 bits per heavy atom. The van der Waals surface area contributed by atoms with Crippen molar-refractivity contribution < 1.29 is 9.84 Å². The standard InChI is InChI=1S/C15H23NO2/c1-18-15-8-4-3-7-13(15)14(17)9-12-16-10-5-2-6-11-16/h3-4,7-8,14,17H,2,5-6,9-12H2,1H3. The smallest absolute Gasteiger partial charge is 0.124 e. The van der Waals surface area contributed by atoms with Crippen LogP contribution in [-0.4, -0.2) is 36.8 Å². The molecule has 1 atom stereocenters. The zero-order chi connectivity index (χ0) is 12.8. The SMILES string of the molecule is COc1ccccc1C(O)CCN1CCCCC1. The second kappa shape index (κ2) is 6.76. The van der Waals surface area contributed by atoms with Gasteiger partial charge in [-0.25, -0.2) is 0 Å². The van der Waals surface area contributed by atoms with E-state index in [4.69, 9.17) is 4.74 Å². The molecule has 1 unspecified atom stereocenters. The predicted octanol–water partition coefficient (Wildman–Crippen LogP) is 2.60. The van der Waals surface area contributed by atoms with Gasteiger partial charge in [0.2, 0.25) is 0 Å². The number of hydrogen-bond acceptors (Lipinski definition) is 3. The molecule has 0 amide bonds. The summed E-state index contributed by atoms with van der Waals surface area (Å²) in [7, 11) is 1.65. The molecule has 1 fully saturated rings. The van der Waals surface area contributed by atoms with E-state index in [0.717, 1.165) is 24.3 Å². The van der Waals surface area contributed by atoms with E-state index in [1.165, 1.54) is 32.4 Å². The molecule has 1 aliphatic heterocycles. The normalized spacial score (nSPS) is 18.6. The summed E-state index contributed by atoms with van der Waals surface area (Å²) in [6, 6.07) is 7.72. The van der Waals surface area contributed by atoms with E-state index < -0.39 is 6.10 Å². The minimum Gasteiger partial charge on any atom is -0.496 e. The van der Waals surface area contributed by atoms with Crippen LogP contribution in [0.3, 0.4) is 0 Å². The highest BCUT2D eigenvalue weighted by Gasteiger charge is 2.15. The van der Waals surface area contributed by atoms with Crippen molar-refractivity contribution >= 4 is 0 Å². The third-order valence-electron chi connectivity index (χ3n) is 3.67. The first-order valence-corrected chi connectivity index (χ1v) is 6.84. The van der Waals surface area contributed by atoms with Crippen molar-refractivity contribution in [3.63, 3.8) is 0 Å². The monoisotopic (exact) mass is 249 g/mol. The number of para-hydroxylation sites is 1. The van der Waals surface area contributed by atoms with E-state index in [1.54, 1.807) is 7.11 Å². The van der Waals surface area contributed by atoms with Crippen LogP contribution in [0.15, 0.2) is 24.3 Å². The molecule has 1 heterocycles. The zero-order valence-electron chi connectivity index (χ0n) is 11.1. The highest BCUT2D eigenvalue weighted by Crippen LogP contribution is 2.27. The number of aliphatic hydroxyl groups excluding tert-OH is 1. The van der Waals surface area contributed by atoms with E-state index in [1.807, 2.05) is 24.3 Å². The number of likely N-dealkylation sites (tertiary alicyclic amines) is 1. The third-order valence-corrected chi connectivity index (χ3v) is 3.67. The Morgan fingerprint density at radius 1 is 1.22 bits per heavy atom. The van der Waals surface area contributed by atoms with Crippen LogP contribution in [0.25, 0.3) is 0 Å². The third kappa shape index (κ3) is 3.47. The summed E-state index contributed by atoms with van der Waals surface area (Å²) in [5.74, 6) is 0.781. The lowest BCUT2D eigenvalue weighted by Crippen LogP contribution is -2.31. The number of rotatable bonds is 5. The van der Waals surface area contributed by atoms with E-state index in [9.17, 15) is 5.11 Å². The van der Waals surface area contributed by atoms with Crippen LogP contribution in [0.1, 0.15) is 37.4 Å². The van der Waals surface area contributed by atoms with Gasteiger partial charge >= 0.3 is 0 Å². The molecule has 18 heavy (non-hydrogen) atoms. The van der Waals surface area contributed by atoms with E-state index in [0.29, 0.717) is 0 Å². The first kappa shape index (κ1) is 13.4. The fraction of sp³-hybridized carbons (Fsp3) is 0.600. The molecule has 1 N–H and O–H groups in total. The van der Waals surface area contributed by atoms with Crippen molar-refractivity contribution in [1.29, 1.82) is 0 Å². The van der Waals surface area contributed by atoms with Crippen LogP contribution >= 0.6 is 0 Å². The number of benzene rings is 1. The Morgan fingerprint density at radius 2 is 1.94 bits per heavy atom. The summed E-state index contributed by atoms with van der Waals surface area (Å²) in [4.78, 5) is 2.45. The molecule has 0 bridgehead atoms. The Labute approximate surface area is 109 Å². The summed E-state index contributed by atoms with van der Waals surface area (Å²) in [5.41, 5.74) is 0.900. The molecule has 0 aromatic heterocycles. The van der Waals surface area contributed by atoms with Crippen molar-refractivity contribution in [3.05, 3.63) is 29.8 Å². The highest BCUT2D eigenvalue weighted by atomic mass is 16.5. The van der Waals surface area contributed by atoms with Gasteiger partial charge in [-0.1, -0.05) is 24.6 Å². The van der Waals surface area contributed by atoms with Crippen molar-refractivity contribution in [2.75, 3.05) is 26.7 Å². The second-order valence-electron chi connectivity index (χ2n) is 4.95. The summed E-state index contributed by atoms with van der Waals surface area (Å²) >= 11 is 0. The summed E-state index contributed by atoms with van der Waals surface area (Å²) in [6.07, 6.45) is 4.30. The number of aliphatic hydroxyl groups is 1. The van der Waals surface area contributed by atoms with Crippen LogP contribution in [0.2, 0.25) is 0 Å². The van der Waals surface area contributed by atoms with Crippen molar-refractivity contribution in [3.8, 4) is 5.75 Å². The number of ether oxygens (including phenoxy) is 1. The topological polar surface area (TPSA) is 32.7 Å². The molecule has 1 aromatic rings. The van der Waals surface area contributed by atoms with Gasteiger partial charge in [-0.3, -0.25) is 0 Å². The molecule has 0 spiro atoms. The zero-order valence-corrected chi connectivity index (χ0v) is 11.1. The largest absolute Gasteiger partial charge is 0.496 e. The minimum atomic E-state index is -0.428. The Balaban J connectivity index is 1.88. The van der Waals surface area contributed by atoms with E-state index in [-0.39, 0.29) is 0 Å². The lowest BCUT2D eigenvalue weighted by molar-refractivity contribution is 0.131. The van der Waals surface area contributed by atoms with Gasteiger partial charge in [0.25, 0.3) is 0 Å². The molecule has 3 nitrogen and oxygen atoms in total. The first-order valence-electron chi connectivity index (χ1n) is 6.84. The van der Waals surface area contributed by atoms with Crippen LogP contribution < -0.4 is 4.74 Å². The number of hydrogen-bond donors (Lipinski definition) is 1. The van der Waals surface area contributed by atoms with Gasteiger partial charge in [0, 0.05) is 12.1 Å². The van der Waals surface area contributed by atoms with E-state index >= 15 is 0 Å². The first-order chi connectivity index (χ1) is 8.81. The second-order valence-corrected chi connectivity index (χ2v) is 4.95. The minimum absolute atomic E-state index is 0.428. The van der Waals surface area contributed by atoms with Crippen molar-refractivity contribution in [1.82, 2.24) is 4.90 Å². The molecule has 1 saturated heterocycles. The molecule has 1 aromatic carbocycles. The quantitative estimate of drug-likeness (QED) is 0.870. The maximum absolute atomic E-state index is 10.3. The Kier molecular flexibility index (Phi) is 5.02. The van der Waals surface area contributed by atoms with Gasteiger partial charge in [0.05, 0.1) is 13.2 Å². The number of piperidine rings is 1. The van der Waals surface area contributed by atoms with Crippen molar-refractivity contribution in [2.45, 2.75) is 31.8 Å². The fourth-order valence-electron chi connectivity index (χ4n) is 2.59. The summed E-state index contributed by atoms with van der Waals surface area (Å²) in [6.45, 7) is 3.33. The van der Waals surface area contributed by atoms with Gasteiger partial charge < -0.3 is 14.7 Å². The number of nitrogens with zero attached hydrogens (tertiary/aromatic N) is 1. The van der Waals surface area contributed by atoms with E-state index in [2.05, 4.69) is 4.90 Å². The lowest BCUT2D eigenvalue weighted by Gasteiger charge is -2.27. The van der Waals surface area contributed by atoms with Gasteiger partial charge in [-0.2, -0.15) is 0 Å². The molecule has 1 aliphatic rings. The van der Waals surface area contributed by atoms with Gasteiger partial charge in [0.1, 0.15) is 5.75 Å². The van der Waals surface area contributed by atoms with Crippen LogP contribution in [0, 0.1) is 0 Å². The van der Waals surface area contributed by atoms with Crippen LogP contribution in [-0.2, 0) is 0 Å². The summed E-state index contributed by atoms with van der Waals surface area (Å²) in [5, 5.41) is 10.3. The maximum Gasteiger partial charge on any atom is 0.124 e. The molecule has 0 radical (unpaired) electrons. The van der Waals surface area contributed by atoms with Crippen molar-refractivity contribution in [2.24, 2.45) is 0 Å². The highest BCUT2D eigenvalue weighted by molar-refractivity contribution is 5.34.